The number of hydrogen-bond donors (Lipinski definition) is 2. The van der Waals surface area contributed by atoms with Crippen LogP contribution in [0.25, 0.3) is 22.6 Å². The standard InChI is InChI=1S/C29H24Cl2N4O6/c30-21-7-1-18(2-8-21)25-13-32-27(40-25)15-34(16-28-33-14-26(41-28)19-3-9-22(31)10-4-19)24(17-36)29(37)20-5-11-23(12-6-20)35(38)39/h1-14,24,29,36-37H,15-17H2/t24-,29+/m1/s1. The van der Waals surface area contributed by atoms with Gasteiger partial charge in [0.05, 0.1) is 49.2 Å². The van der Waals surface area contributed by atoms with E-state index in [1.54, 1.807) is 41.6 Å². The minimum absolute atomic E-state index is 0.0848. The van der Waals surface area contributed by atoms with E-state index < -0.39 is 23.7 Å². The molecule has 0 fully saturated rings. The van der Waals surface area contributed by atoms with Crippen molar-refractivity contribution >= 4 is 28.9 Å². The summed E-state index contributed by atoms with van der Waals surface area (Å²) in [7, 11) is 0. The van der Waals surface area contributed by atoms with Gasteiger partial charge in [-0.2, -0.15) is 0 Å². The Morgan fingerprint density at radius 2 is 1.27 bits per heavy atom. The molecule has 5 aromatic rings. The second-order valence-electron chi connectivity index (χ2n) is 9.20. The third kappa shape index (κ3) is 6.82. The number of nitrogens with zero attached hydrogens (tertiary/aromatic N) is 4. The highest BCUT2D eigenvalue weighted by molar-refractivity contribution is 6.30. The quantitative estimate of drug-likeness (QED) is 0.133. The van der Waals surface area contributed by atoms with E-state index in [1.165, 1.54) is 24.3 Å². The summed E-state index contributed by atoms with van der Waals surface area (Å²) in [6, 6.07) is 18.9. The summed E-state index contributed by atoms with van der Waals surface area (Å²) >= 11 is 12.0. The van der Waals surface area contributed by atoms with Gasteiger partial charge in [-0.25, -0.2) is 9.97 Å². The molecule has 3 aromatic carbocycles. The molecule has 5 rings (SSSR count). The van der Waals surface area contributed by atoms with Crippen LogP contribution in [0, 0.1) is 10.1 Å². The molecule has 0 aliphatic heterocycles. The monoisotopic (exact) mass is 594 g/mol. The first kappa shape index (κ1) is 28.5. The summed E-state index contributed by atoms with van der Waals surface area (Å²) in [4.78, 5) is 21.1. The molecule has 0 aliphatic rings. The van der Waals surface area contributed by atoms with E-state index in [0.29, 0.717) is 38.9 Å². The summed E-state index contributed by atoms with van der Waals surface area (Å²) in [5.74, 6) is 1.70. The summed E-state index contributed by atoms with van der Waals surface area (Å²) in [6.45, 7) is -0.281. The molecular formula is C29H24Cl2N4O6. The maximum atomic E-state index is 11.3. The molecule has 2 atom stereocenters. The molecule has 10 nitrogen and oxygen atoms in total. The molecule has 12 heteroatoms. The second-order valence-corrected chi connectivity index (χ2v) is 10.1. The predicted molar refractivity (Wildman–Crippen MR) is 152 cm³/mol. The fraction of sp³-hybridized carbons (Fsp3) is 0.172. The lowest BCUT2D eigenvalue weighted by atomic mass is 10.0. The van der Waals surface area contributed by atoms with Crippen molar-refractivity contribution in [2.24, 2.45) is 0 Å². The molecule has 210 valence electrons. The zero-order valence-corrected chi connectivity index (χ0v) is 22.9. The molecule has 0 radical (unpaired) electrons. The van der Waals surface area contributed by atoms with Gasteiger partial charge in [0, 0.05) is 33.3 Å². The maximum absolute atomic E-state index is 11.3. The molecule has 2 aromatic heterocycles. The molecule has 0 amide bonds. The van der Waals surface area contributed by atoms with Crippen molar-refractivity contribution in [1.29, 1.82) is 0 Å². The number of halogens is 2. The van der Waals surface area contributed by atoms with Gasteiger partial charge in [0.2, 0.25) is 11.8 Å². The van der Waals surface area contributed by atoms with Crippen LogP contribution in [0.1, 0.15) is 23.4 Å². The van der Waals surface area contributed by atoms with Crippen LogP contribution in [-0.4, -0.2) is 42.7 Å². The first-order chi connectivity index (χ1) is 19.8. The van der Waals surface area contributed by atoms with Gasteiger partial charge in [-0.3, -0.25) is 15.0 Å². The first-order valence-corrected chi connectivity index (χ1v) is 13.2. The number of aliphatic hydroxyl groups is 2. The van der Waals surface area contributed by atoms with Crippen LogP contribution in [0.3, 0.4) is 0 Å². The lowest BCUT2D eigenvalue weighted by Crippen LogP contribution is -2.41. The Morgan fingerprint density at radius 3 is 1.68 bits per heavy atom. The number of nitro groups is 1. The molecule has 0 aliphatic carbocycles. The maximum Gasteiger partial charge on any atom is 0.269 e. The topological polar surface area (TPSA) is 139 Å². The van der Waals surface area contributed by atoms with Crippen molar-refractivity contribution in [2.75, 3.05) is 6.61 Å². The lowest BCUT2D eigenvalue weighted by molar-refractivity contribution is -0.384. The van der Waals surface area contributed by atoms with Gasteiger partial charge in [-0.1, -0.05) is 23.2 Å². The van der Waals surface area contributed by atoms with E-state index in [9.17, 15) is 20.3 Å². The number of non-ortho nitro benzene ring substituents is 1. The van der Waals surface area contributed by atoms with Gasteiger partial charge >= 0.3 is 0 Å². The van der Waals surface area contributed by atoms with Gasteiger partial charge in [-0.15, -0.1) is 0 Å². The van der Waals surface area contributed by atoms with Gasteiger partial charge in [0.15, 0.2) is 11.5 Å². The Morgan fingerprint density at radius 1 is 0.805 bits per heavy atom. The molecule has 0 bridgehead atoms. The molecule has 41 heavy (non-hydrogen) atoms. The Balaban J connectivity index is 1.43. The van der Waals surface area contributed by atoms with Crippen molar-refractivity contribution in [3.8, 4) is 22.6 Å². The van der Waals surface area contributed by atoms with Crippen LogP contribution >= 0.6 is 23.2 Å². The summed E-state index contributed by atoms with van der Waals surface area (Å²) in [5, 5.41) is 33.9. The number of oxazole rings is 2. The summed E-state index contributed by atoms with van der Waals surface area (Å²) < 4.78 is 12.0. The van der Waals surface area contributed by atoms with Crippen molar-refractivity contribution in [3.05, 3.63) is 123 Å². The van der Waals surface area contributed by atoms with Crippen molar-refractivity contribution in [1.82, 2.24) is 14.9 Å². The van der Waals surface area contributed by atoms with E-state index in [1.807, 2.05) is 24.3 Å². The van der Waals surface area contributed by atoms with Crippen LogP contribution in [0.5, 0.6) is 0 Å². The zero-order valence-electron chi connectivity index (χ0n) is 21.4. The second kappa shape index (κ2) is 12.6. The minimum atomic E-state index is -1.21. The largest absolute Gasteiger partial charge is 0.439 e. The van der Waals surface area contributed by atoms with Crippen LogP contribution in [0.2, 0.25) is 10.0 Å². The van der Waals surface area contributed by atoms with Gasteiger partial charge < -0.3 is 19.0 Å². The Kier molecular flexibility index (Phi) is 8.77. The minimum Gasteiger partial charge on any atom is -0.439 e. The van der Waals surface area contributed by atoms with E-state index >= 15 is 0 Å². The Hall–Kier alpha value is -4.06. The third-order valence-electron chi connectivity index (χ3n) is 6.51. The van der Waals surface area contributed by atoms with E-state index in [-0.39, 0.29) is 18.8 Å². The van der Waals surface area contributed by atoms with Crippen LogP contribution in [0.15, 0.2) is 94.0 Å². The smallest absolute Gasteiger partial charge is 0.269 e. The van der Waals surface area contributed by atoms with Crippen molar-refractivity contribution < 1.29 is 24.0 Å². The molecule has 0 saturated heterocycles. The average Bonchev–Trinajstić information content (AvgIpc) is 3.64. The van der Waals surface area contributed by atoms with Crippen molar-refractivity contribution in [3.63, 3.8) is 0 Å². The highest BCUT2D eigenvalue weighted by Gasteiger charge is 2.30. The van der Waals surface area contributed by atoms with E-state index in [0.717, 1.165) is 11.1 Å². The lowest BCUT2D eigenvalue weighted by Gasteiger charge is -2.32. The summed E-state index contributed by atoms with van der Waals surface area (Å²) in [6.07, 6.45) is 1.96. The average molecular weight is 595 g/mol. The van der Waals surface area contributed by atoms with Gasteiger partial charge in [0.1, 0.15) is 0 Å². The number of aliphatic hydroxyl groups excluding tert-OH is 2. The van der Waals surface area contributed by atoms with E-state index in [4.69, 9.17) is 32.0 Å². The highest BCUT2D eigenvalue weighted by atomic mass is 35.5. The van der Waals surface area contributed by atoms with Gasteiger partial charge in [0.25, 0.3) is 5.69 Å². The highest BCUT2D eigenvalue weighted by Crippen LogP contribution is 2.29. The fourth-order valence-electron chi connectivity index (χ4n) is 4.33. The van der Waals surface area contributed by atoms with Crippen molar-refractivity contribution in [2.45, 2.75) is 25.2 Å². The number of benzene rings is 3. The number of nitro benzene ring substituents is 1. The molecule has 2 heterocycles. The van der Waals surface area contributed by atoms with Crippen LogP contribution < -0.4 is 0 Å². The third-order valence-corrected chi connectivity index (χ3v) is 7.01. The molecule has 0 unspecified atom stereocenters. The Bertz CT molecular complexity index is 1520. The number of hydrogen-bond acceptors (Lipinski definition) is 9. The number of aromatic nitrogens is 2. The molecular weight excluding hydrogens is 571 g/mol. The van der Waals surface area contributed by atoms with Crippen LogP contribution in [-0.2, 0) is 13.1 Å². The molecule has 0 spiro atoms. The molecule has 0 saturated carbocycles. The summed E-state index contributed by atoms with van der Waals surface area (Å²) in [5.41, 5.74) is 1.85. The van der Waals surface area contributed by atoms with Crippen LogP contribution in [0.4, 0.5) is 5.69 Å². The van der Waals surface area contributed by atoms with E-state index in [2.05, 4.69) is 9.97 Å². The number of rotatable bonds is 11. The predicted octanol–water partition coefficient (Wildman–Crippen LogP) is 6.31. The Labute approximate surface area is 244 Å². The zero-order chi connectivity index (χ0) is 28.9. The fourth-order valence-corrected chi connectivity index (χ4v) is 4.58. The normalized spacial score (nSPS) is 12.9. The SMILES string of the molecule is O=[N+]([O-])c1ccc([C@H](O)[C@@H](CO)N(Cc2ncc(-c3ccc(Cl)cc3)o2)Cc2ncc(-c3ccc(Cl)cc3)o2)cc1. The first-order valence-electron chi connectivity index (χ1n) is 12.5. The van der Waals surface area contributed by atoms with Gasteiger partial charge in [-0.05, 0) is 66.2 Å². The molecule has 2 N–H and O–H groups in total.